The molecule has 0 saturated carbocycles. The Morgan fingerprint density at radius 3 is 2.86 bits per heavy atom. The first kappa shape index (κ1) is 13.8. The molecule has 2 heterocycles. The Morgan fingerprint density at radius 2 is 2.10 bits per heavy atom. The Hall–Kier alpha value is -2.14. The molecule has 21 heavy (non-hydrogen) atoms. The largest absolute Gasteiger partial charge is 0.311 e. The molecule has 3 aromatic rings. The number of rotatable bonds is 6. The molecule has 0 atom stereocenters. The molecule has 0 fully saturated rings. The summed E-state index contributed by atoms with van der Waals surface area (Å²) in [6, 6.07) is 8.43. The van der Waals surface area contributed by atoms with Gasteiger partial charge in [0, 0.05) is 31.7 Å². The van der Waals surface area contributed by atoms with Crippen LogP contribution in [0.5, 0.6) is 0 Å². The Kier molecular flexibility index (Phi) is 4.01. The lowest BCUT2D eigenvalue weighted by atomic mass is 10.2. The highest BCUT2D eigenvalue weighted by Gasteiger charge is 2.09. The van der Waals surface area contributed by atoms with Crippen molar-refractivity contribution in [3.63, 3.8) is 0 Å². The monoisotopic (exact) mass is 283 g/mol. The van der Waals surface area contributed by atoms with Gasteiger partial charge in [-0.2, -0.15) is 10.2 Å². The molecule has 110 valence electrons. The van der Waals surface area contributed by atoms with Gasteiger partial charge in [-0.25, -0.2) is 0 Å². The van der Waals surface area contributed by atoms with E-state index in [1.165, 1.54) is 16.5 Å². The Balaban J connectivity index is 1.83. The van der Waals surface area contributed by atoms with Crippen molar-refractivity contribution in [2.75, 3.05) is 6.54 Å². The third-order valence-corrected chi connectivity index (χ3v) is 3.65. The summed E-state index contributed by atoms with van der Waals surface area (Å²) < 4.78 is 3.95. The van der Waals surface area contributed by atoms with Crippen molar-refractivity contribution in [1.29, 1.82) is 0 Å². The molecule has 0 spiro atoms. The van der Waals surface area contributed by atoms with Gasteiger partial charge in [0.25, 0.3) is 0 Å². The molecule has 0 aliphatic rings. The first-order valence-corrected chi connectivity index (χ1v) is 7.40. The summed E-state index contributed by atoms with van der Waals surface area (Å²) in [6.07, 6.45) is 4.93. The molecule has 2 aromatic heterocycles. The molecule has 0 unspecified atom stereocenters. The summed E-state index contributed by atoms with van der Waals surface area (Å²) in [7, 11) is 1.95. The van der Waals surface area contributed by atoms with Crippen LogP contribution in [-0.2, 0) is 26.6 Å². The first-order chi connectivity index (χ1) is 10.3. The zero-order chi connectivity index (χ0) is 14.7. The standard InChI is InChI=1S/C16H21N5/c1-3-17-11-15-14-6-4-5-7-16(14)21(19-15)9-8-13-10-18-20(2)12-13/h4-7,10,12,17H,3,8-9,11H2,1-2H3. The number of nitrogens with zero attached hydrogens (tertiary/aromatic N) is 4. The maximum Gasteiger partial charge on any atom is 0.0841 e. The molecule has 0 amide bonds. The number of hydrogen-bond donors (Lipinski definition) is 1. The second-order valence-electron chi connectivity index (χ2n) is 5.24. The zero-order valence-electron chi connectivity index (χ0n) is 12.6. The van der Waals surface area contributed by atoms with Crippen LogP contribution >= 0.6 is 0 Å². The van der Waals surface area contributed by atoms with Crippen molar-refractivity contribution in [2.45, 2.75) is 26.4 Å². The van der Waals surface area contributed by atoms with Gasteiger partial charge >= 0.3 is 0 Å². The number of benzene rings is 1. The van der Waals surface area contributed by atoms with Gasteiger partial charge in [0.05, 0.1) is 17.4 Å². The number of fused-ring (bicyclic) bond motifs is 1. The lowest BCUT2D eigenvalue weighted by molar-refractivity contribution is 0.610. The molecule has 5 heteroatoms. The third kappa shape index (κ3) is 2.97. The van der Waals surface area contributed by atoms with E-state index in [0.29, 0.717) is 0 Å². The predicted molar refractivity (Wildman–Crippen MR) is 84.0 cm³/mol. The minimum atomic E-state index is 0.816. The highest BCUT2D eigenvalue weighted by Crippen LogP contribution is 2.18. The summed E-state index contributed by atoms with van der Waals surface area (Å²) >= 11 is 0. The van der Waals surface area contributed by atoms with E-state index in [1.807, 2.05) is 17.9 Å². The molecule has 5 nitrogen and oxygen atoms in total. The average Bonchev–Trinajstić information content (AvgIpc) is 3.07. The fourth-order valence-corrected chi connectivity index (χ4v) is 2.58. The van der Waals surface area contributed by atoms with Gasteiger partial charge in [-0.1, -0.05) is 25.1 Å². The first-order valence-electron chi connectivity index (χ1n) is 7.40. The minimum absolute atomic E-state index is 0.816. The van der Waals surface area contributed by atoms with Crippen LogP contribution in [0.2, 0.25) is 0 Å². The van der Waals surface area contributed by atoms with Crippen LogP contribution in [0.15, 0.2) is 36.7 Å². The van der Waals surface area contributed by atoms with Gasteiger partial charge in [-0.15, -0.1) is 0 Å². The quantitative estimate of drug-likeness (QED) is 0.754. The van der Waals surface area contributed by atoms with Crippen LogP contribution < -0.4 is 5.32 Å². The van der Waals surface area contributed by atoms with Crippen LogP contribution in [0, 0.1) is 0 Å². The second-order valence-corrected chi connectivity index (χ2v) is 5.24. The highest BCUT2D eigenvalue weighted by atomic mass is 15.3. The molecule has 0 aliphatic carbocycles. The van der Waals surface area contributed by atoms with E-state index >= 15 is 0 Å². The Bertz CT molecular complexity index is 725. The smallest absolute Gasteiger partial charge is 0.0841 e. The fourth-order valence-electron chi connectivity index (χ4n) is 2.58. The maximum absolute atomic E-state index is 4.78. The van der Waals surface area contributed by atoms with Gasteiger partial charge in [-0.05, 0) is 24.6 Å². The van der Waals surface area contributed by atoms with E-state index < -0.39 is 0 Å². The van der Waals surface area contributed by atoms with E-state index in [4.69, 9.17) is 5.10 Å². The topological polar surface area (TPSA) is 47.7 Å². The van der Waals surface area contributed by atoms with Gasteiger partial charge < -0.3 is 5.32 Å². The van der Waals surface area contributed by atoms with Crippen molar-refractivity contribution in [3.8, 4) is 0 Å². The molecule has 0 aliphatic heterocycles. The van der Waals surface area contributed by atoms with E-state index in [9.17, 15) is 0 Å². The van der Waals surface area contributed by atoms with E-state index in [-0.39, 0.29) is 0 Å². The van der Waals surface area contributed by atoms with Crippen LogP contribution in [0.1, 0.15) is 18.2 Å². The summed E-state index contributed by atoms with van der Waals surface area (Å²) in [5.74, 6) is 0. The number of hydrogen-bond acceptors (Lipinski definition) is 3. The summed E-state index contributed by atoms with van der Waals surface area (Å²) in [6.45, 7) is 4.76. The molecule has 0 radical (unpaired) electrons. The van der Waals surface area contributed by atoms with Crippen LogP contribution in [0.4, 0.5) is 0 Å². The van der Waals surface area contributed by atoms with E-state index in [0.717, 1.165) is 31.7 Å². The predicted octanol–water partition coefficient (Wildman–Crippen LogP) is 2.12. The normalized spacial score (nSPS) is 11.3. The average molecular weight is 283 g/mol. The second kappa shape index (κ2) is 6.10. The minimum Gasteiger partial charge on any atom is -0.311 e. The van der Waals surface area contributed by atoms with Gasteiger partial charge in [0.1, 0.15) is 0 Å². The highest BCUT2D eigenvalue weighted by molar-refractivity contribution is 5.81. The Labute approximate surface area is 124 Å². The molecule has 1 aromatic carbocycles. The molecule has 1 N–H and O–H groups in total. The van der Waals surface area contributed by atoms with Crippen molar-refractivity contribution < 1.29 is 0 Å². The molecule has 0 bridgehead atoms. The maximum atomic E-state index is 4.78. The number of para-hydroxylation sites is 1. The van der Waals surface area contributed by atoms with Crippen LogP contribution in [-0.4, -0.2) is 26.1 Å². The number of nitrogens with one attached hydrogen (secondary N) is 1. The van der Waals surface area contributed by atoms with Gasteiger partial charge in [-0.3, -0.25) is 9.36 Å². The van der Waals surface area contributed by atoms with E-state index in [2.05, 4.69) is 52.5 Å². The zero-order valence-corrected chi connectivity index (χ0v) is 12.6. The van der Waals surface area contributed by atoms with Crippen molar-refractivity contribution in [3.05, 3.63) is 47.9 Å². The van der Waals surface area contributed by atoms with Crippen LogP contribution in [0.3, 0.4) is 0 Å². The lowest BCUT2D eigenvalue weighted by Gasteiger charge is -2.01. The lowest BCUT2D eigenvalue weighted by Crippen LogP contribution is -2.13. The van der Waals surface area contributed by atoms with E-state index in [1.54, 1.807) is 0 Å². The molecule has 0 saturated heterocycles. The molecular weight excluding hydrogens is 262 g/mol. The SMILES string of the molecule is CCNCc1nn(CCc2cnn(C)c2)c2ccccc12. The number of aryl methyl sites for hydroxylation is 3. The van der Waals surface area contributed by atoms with Crippen molar-refractivity contribution >= 4 is 10.9 Å². The van der Waals surface area contributed by atoms with Gasteiger partial charge in [0.15, 0.2) is 0 Å². The molecular formula is C16H21N5. The number of aromatic nitrogens is 4. The van der Waals surface area contributed by atoms with Crippen molar-refractivity contribution in [2.24, 2.45) is 7.05 Å². The molecule has 3 rings (SSSR count). The summed E-state index contributed by atoms with van der Waals surface area (Å²) in [4.78, 5) is 0. The Morgan fingerprint density at radius 1 is 1.24 bits per heavy atom. The van der Waals surface area contributed by atoms with Crippen LogP contribution in [0.25, 0.3) is 10.9 Å². The van der Waals surface area contributed by atoms with Crippen molar-refractivity contribution in [1.82, 2.24) is 24.9 Å². The summed E-state index contributed by atoms with van der Waals surface area (Å²) in [5, 5.41) is 13.6. The fraction of sp³-hybridized carbons (Fsp3) is 0.375. The van der Waals surface area contributed by atoms with Gasteiger partial charge in [0.2, 0.25) is 0 Å². The summed E-state index contributed by atoms with van der Waals surface area (Å²) in [5.41, 5.74) is 3.57. The third-order valence-electron chi connectivity index (χ3n) is 3.65.